The Balaban J connectivity index is 1.98. The van der Waals surface area contributed by atoms with Crippen molar-refractivity contribution in [3.05, 3.63) is 63.7 Å². The summed E-state index contributed by atoms with van der Waals surface area (Å²) in [6.45, 7) is 12.8. The van der Waals surface area contributed by atoms with Crippen LogP contribution in [0.2, 0.25) is 0 Å². The molecule has 1 aliphatic rings. The molecule has 0 spiro atoms. The van der Waals surface area contributed by atoms with E-state index in [2.05, 4.69) is 38.3 Å². The Morgan fingerprint density at radius 2 is 1.68 bits per heavy atom. The number of benzene rings is 2. The van der Waals surface area contributed by atoms with Gasteiger partial charge >= 0.3 is 7.82 Å². The molecule has 0 saturated heterocycles. The highest BCUT2D eigenvalue weighted by molar-refractivity contribution is 7.46. The minimum atomic E-state index is -4.49. The van der Waals surface area contributed by atoms with Gasteiger partial charge in [0.1, 0.15) is 5.75 Å². The fourth-order valence-electron chi connectivity index (χ4n) is 4.59. The third-order valence-corrected chi connectivity index (χ3v) is 6.90. The SMILES string of the molecule is CC(=Cc1ccc(COP(=O)(O)O)cc1)c1c(C)cc2c(c1O)C(C)(C)CCC2(C)C. The van der Waals surface area contributed by atoms with E-state index in [9.17, 15) is 9.67 Å². The summed E-state index contributed by atoms with van der Waals surface area (Å²) in [5.41, 5.74) is 6.76. The zero-order valence-electron chi connectivity index (χ0n) is 19.2. The minimum Gasteiger partial charge on any atom is -0.507 e. The van der Waals surface area contributed by atoms with Crippen LogP contribution in [0.15, 0.2) is 30.3 Å². The molecule has 0 unspecified atom stereocenters. The molecule has 0 atom stereocenters. The molecule has 0 heterocycles. The molecule has 31 heavy (non-hydrogen) atoms. The molecule has 0 saturated carbocycles. The number of aryl methyl sites for hydroxylation is 1. The monoisotopic (exact) mass is 444 g/mol. The number of hydrogen-bond acceptors (Lipinski definition) is 3. The van der Waals surface area contributed by atoms with Gasteiger partial charge in [-0.1, -0.05) is 64.1 Å². The van der Waals surface area contributed by atoms with Crippen LogP contribution in [-0.2, 0) is 26.5 Å². The van der Waals surface area contributed by atoms with E-state index in [4.69, 9.17) is 9.79 Å². The van der Waals surface area contributed by atoms with Crippen LogP contribution in [-0.4, -0.2) is 14.9 Å². The van der Waals surface area contributed by atoms with Crippen molar-refractivity contribution in [1.29, 1.82) is 0 Å². The molecule has 0 aromatic heterocycles. The predicted octanol–water partition coefficient (Wildman–Crippen LogP) is 6.22. The lowest BCUT2D eigenvalue weighted by Gasteiger charge is -2.43. The number of hydrogen-bond donors (Lipinski definition) is 3. The van der Waals surface area contributed by atoms with Gasteiger partial charge in [0.2, 0.25) is 0 Å². The lowest BCUT2D eigenvalue weighted by molar-refractivity contribution is 0.189. The zero-order valence-corrected chi connectivity index (χ0v) is 20.1. The van der Waals surface area contributed by atoms with Gasteiger partial charge in [-0.05, 0) is 65.3 Å². The van der Waals surface area contributed by atoms with Crippen LogP contribution in [0.4, 0.5) is 0 Å². The summed E-state index contributed by atoms with van der Waals surface area (Å²) in [5.74, 6) is 0.383. The summed E-state index contributed by atoms with van der Waals surface area (Å²) < 4.78 is 15.4. The van der Waals surface area contributed by atoms with Gasteiger partial charge in [0, 0.05) is 11.1 Å². The number of allylic oxidation sites excluding steroid dienone is 1. The maximum absolute atomic E-state index is 11.4. The second kappa shape index (κ2) is 8.22. The van der Waals surface area contributed by atoms with Crippen molar-refractivity contribution in [1.82, 2.24) is 0 Å². The van der Waals surface area contributed by atoms with Gasteiger partial charge in [0.05, 0.1) is 6.61 Å². The first kappa shape index (κ1) is 23.7. The highest BCUT2D eigenvalue weighted by Crippen LogP contribution is 2.51. The van der Waals surface area contributed by atoms with Crippen molar-refractivity contribution in [2.24, 2.45) is 0 Å². The van der Waals surface area contributed by atoms with Crippen LogP contribution < -0.4 is 0 Å². The molecule has 0 radical (unpaired) electrons. The van der Waals surface area contributed by atoms with Gasteiger partial charge in [0.15, 0.2) is 0 Å². The van der Waals surface area contributed by atoms with E-state index >= 15 is 0 Å². The number of phenols is 1. The smallest absolute Gasteiger partial charge is 0.469 e. The van der Waals surface area contributed by atoms with Crippen molar-refractivity contribution in [3.63, 3.8) is 0 Å². The quantitative estimate of drug-likeness (QED) is 0.376. The lowest BCUT2D eigenvalue weighted by atomic mass is 9.62. The molecule has 3 N–H and O–H groups in total. The minimum absolute atomic E-state index is 0.0360. The summed E-state index contributed by atoms with van der Waals surface area (Å²) in [6.07, 6.45) is 4.14. The number of aromatic hydroxyl groups is 1. The van der Waals surface area contributed by atoms with Gasteiger partial charge in [-0.2, -0.15) is 0 Å². The largest absolute Gasteiger partial charge is 0.507 e. The van der Waals surface area contributed by atoms with E-state index in [1.54, 1.807) is 12.1 Å². The predicted molar refractivity (Wildman–Crippen MR) is 125 cm³/mol. The highest BCUT2D eigenvalue weighted by Gasteiger charge is 2.40. The normalized spacial score (nSPS) is 18.0. The van der Waals surface area contributed by atoms with E-state index in [0.717, 1.165) is 40.7 Å². The van der Waals surface area contributed by atoms with Crippen molar-refractivity contribution in [2.45, 2.75) is 71.8 Å². The molecular formula is C25H33O5P. The fraction of sp³-hybridized carbons (Fsp3) is 0.440. The average molecular weight is 445 g/mol. The molecule has 0 bridgehead atoms. The fourth-order valence-corrected chi connectivity index (χ4v) is 4.91. The molecule has 0 aliphatic heterocycles. The van der Waals surface area contributed by atoms with Crippen LogP contribution in [0.1, 0.15) is 80.8 Å². The Morgan fingerprint density at radius 1 is 1.10 bits per heavy atom. The average Bonchev–Trinajstić information content (AvgIpc) is 2.64. The standard InChI is InChI=1S/C25H33O5P/c1-16(13-18-7-9-19(10-8-18)15-30-31(27,28)29)21-17(2)14-20-22(23(21)26)25(5,6)12-11-24(20,3)4/h7-10,13-14,26H,11-12,15H2,1-6H3,(H2,27,28,29). The van der Waals surface area contributed by atoms with Crippen molar-refractivity contribution in [3.8, 4) is 5.75 Å². The van der Waals surface area contributed by atoms with E-state index in [1.165, 1.54) is 5.56 Å². The third kappa shape index (κ3) is 5.12. The summed E-state index contributed by atoms with van der Waals surface area (Å²) in [4.78, 5) is 17.7. The molecule has 2 aromatic rings. The molecule has 0 fully saturated rings. The third-order valence-electron chi connectivity index (χ3n) is 6.44. The summed E-state index contributed by atoms with van der Waals surface area (Å²) >= 11 is 0. The van der Waals surface area contributed by atoms with Crippen LogP contribution in [0.25, 0.3) is 11.6 Å². The maximum atomic E-state index is 11.4. The summed E-state index contributed by atoms with van der Waals surface area (Å²) in [6, 6.07) is 9.55. The zero-order chi connectivity index (χ0) is 23.2. The molecule has 6 heteroatoms. The number of fused-ring (bicyclic) bond motifs is 1. The topological polar surface area (TPSA) is 87.0 Å². The molecule has 168 valence electrons. The molecular weight excluding hydrogens is 411 g/mol. The van der Waals surface area contributed by atoms with Crippen LogP contribution in [0, 0.1) is 6.92 Å². The Morgan fingerprint density at radius 3 is 2.26 bits per heavy atom. The molecule has 0 amide bonds. The molecule has 3 rings (SSSR count). The van der Waals surface area contributed by atoms with E-state index in [0.29, 0.717) is 11.3 Å². The second-order valence-corrected chi connectivity index (χ2v) is 11.2. The Bertz CT molecular complexity index is 1060. The first-order valence-corrected chi connectivity index (χ1v) is 12.1. The van der Waals surface area contributed by atoms with Crippen molar-refractivity contribution >= 4 is 19.5 Å². The lowest BCUT2D eigenvalue weighted by Crippen LogP contribution is -2.34. The van der Waals surface area contributed by atoms with Gasteiger partial charge < -0.3 is 14.9 Å². The van der Waals surface area contributed by atoms with E-state index < -0.39 is 7.82 Å². The Kier molecular flexibility index (Phi) is 6.29. The van der Waals surface area contributed by atoms with Crippen molar-refractivity contribution < 1.29 is 24.0 Å². The van der Waals surface area contributed by atoms with Crippen LogP contribution >= 0.6 is 7.82 Å². The number of phenolic OH excluding ortho intramolecular Hbond substituents is 1. The Labute approximate surface area is 185 Å². The molecule has 1 aliphatic carbocycles. The maximum Gasteiger partial charge on any atom is 0.469 e. The summed E-state index contributed by atoms with van der Waals surface area (Å²) in [5, 5.41) is 11.4. The first-order chi connectivity index (χ1) is 14.2. The van der Waals surface area contributed by atoms with Crippen LogP contribution in [0.3, 0.4) is 0 Å². The number of phosphoric acid groups is 1. The molecule has 5 nitrogen and oxygen atoms in total. The first-order valence-electron chi connectivity index (χ1n) is 10.6. The van der Waals surface area contributed by atoms with Crippen molar-refractivity contribution in [2.75, 3.05) is 0 Å². The van der Waals surface area contributed by atoms with E-state index in [-0.39, 0.29) is 17.4 Å². The Hall–Kier alpha value is -1.91. The van der Waals surface area contributed by atoms with Crippen LogP contribution in [0.5, 0.6) is 5.75 Å². The van der Waals surface area contributed by atoms with E-state index in [1.807, 2.05) is 32.1 Å². The van der Waals surface area contributed by atoms with Gasteiger partial charge in [-0.15, -0.1) is 0 Å². The van der Waals surface area contributed by atoms with Gasteiger partial charge in [0.25, 0.3) is 0 Å². The highest BCUT2D eigenvalue weighted by atomic mass is 31.2. The summed E-state index contributed by atoms with van der Waals surface area (Å²) in [7, 11) is -4.49. The van der Waals surface area contributed by atoms with Gasteiger partial charge in [-0.25, -0.2) is 4.57 Å². The second-order valence-electron chi connectivity index (χ2n) is 9.94. The number of rotatable bonds is 5. The number of phosphoric ester groups is 1. The van der Waals surface area contributed by atoms with Gasteiger partial charge in [-0.3, -0.25) is 4.52 Å². The molecule has 2 aromatic carbocycles.